The van der Waals surface area contributed by atoms with Crippen molar-refractivity contribution in [2.45, 2.75) is 17.4 Å². The van der Waals surface area contributed by atoms with Crippen LogP contribution in [0.15, 0.2) is 47.4 Å². The average Bonchev–Trinajstić information content (AvgIpc) is 3.04. The zero-order valence-electron chi connectivity index (χ0n) is 13.6. The summed E-state index contributed by atoms with van der Waals surface area (Å²) in [5.74, 6) is 0.728. The molecule has 0 bridgehead atoms. The van der Waals surface area contributed by atoms with E-state index in [1.807, 2.05) is 42.7 Å². The number of H-pyrrole nitrogens is 1. The molecule has 6 heteroatoms. The van der Waals surface area contributed by atoms with Crippen molar-refractivity contribution < 1.29 is 9.53 Å². The Morgan fingerprint density at radius 1 is 1.28 bits per heavy atom. The molecular formula is C19H17ClN2O2S. The van der Waals surface area contributed by atoms with Crippen molar-refractivity contribution in [3.05, 3.63) is 58.7 Å². The molecule has 1 unspecified atom stereocenters. The maximum atomic E-state index is 12.7. The second kappa shape index (κ2) is 6.65. The van der Waals surface area contributed by atoms with Gasteiger partial charge in [-0.2, -0.15) is 0 Å². The summed E-state index contributed by atoms with van der Waals surface area (Å²) >= 11 is 7.68. The average molecular weight is 373 g/mol. The van der Waals surface area contributed by atoms with Gasteiger partial charge in [-0.25, -0.2) is 0 Å². The molecule has 4 nitrogen and oxygen atoms in total. The Labute approximate surface area is 154 Å². The van der Waals surface area contributed by atoms with Crippen LogP contribution in [-0.2, 0) is 0 Å². The van der Waals surface area contributed by atoms with Crippen molar-refractivity contribution in [1.82, 2.24) is 10.3 Å². The van der Waals surface area contributed by atoms with Gasteiger partial charge in [0.1, 0.15) is 11.4 Å². The first kappa shape index (κ1) is 16.4. The highest BCUT2D eigenvalue weighted by molar-refractivity contribution is 7.98. The number of carbonyl (C=O) groups excluding carboxylic acids is 1. The Morgan fingerprint density at radius 2 is 2.16 bits per heavy atom. The molecule has 0 saturated heterocycles. The number of aromatic amines is 1. The number of benzene rings is 2. The maximum absolute atomic E-state index is 12.7. The molecule has 1 aliphatic heterocycles. The van der Waals surface area contributed by atoms with Gasteiger partial charge < -0.3 is 15.0 Å². The lowest BCUT2D eigenvalue weighted by Crippen LogP contribution is -2.32. The minimum atomic E-state index is -0.126. The number of hydrogen-bond acceptors (Lipinski definition) is 3. The van der Waals surface area contributed by atoms with Crippen LogP contribution in [0, 0.1) is 0 Å². The summed E-state index contributed by atoms with van der Waals surface area (Å²) in [7, 11) is 0. The molecule has 25 heavy (non-hydrogen) atoms. The Kier molecular flexibility index (Phi) is 4.36. The summed E-state index contributed by atoms with van der Waals surface area (Å²) in [5.41, 5.74) is 2.41. The van der Waals surface area contributed by atoms with Crippen LogP contribution in [0.5, 0.6) is 5.75 Å². The number of aromatic nitrogens is 1. The third-order valence-corrected chi connectivity index (χ3v) is 5.36. The zero-order valence-corrected chi connectivity index (χ0v) is 15.2. The quantitative estimate of drug-likeness (QED) is 0.649. The van der Waals surface area contributed by atoms with Crippen LogP contribution >= 0.6 is 23.4 Å². The predicted molar refractivity (Wildman–Crippen MR) is 102 cm³/mol. The summed E-state index contributed by atoms with van der Waals surface area (Å²) in [6, 6.07) is 13.5. The van der Waals surface area contributed by atoms with Crippen LogP contribution in [0.25, 0.3) is 10.9 Å². The van der Waals surface area contributed by atoms with Crippen LogP contribution in [-0.4, -0.2) is 23.8 Å². The molecule has 128 valence electrons. The van der Waals surface area contributed by atoms with Gasteiger partial charge in [0.15, 0.2) is 0 Å². The SMILES string of the molecule is CSc1ccc2c(c1)OCCC2NC(=O)c1cc2ccc(Cl)cc2[nH]1. The fraction of sp³-hybridized carbons (Fsp3) is 0.211. The van der Waals surface area contributed by atoms with Gasteiger partial charge in [0, 0.05) is 32.8 Å². The third-order valence-electron chi connectivity index (χ3n) is 4.39. The molecule has 2 N–H and O–H groups in total. The predicted octanol–water partition coefficient (Wildman–Crippen LogP) is 4.80. The molecule has 1 aromatic heterocycles. The number of fused-ring (bicyclic) bond motifs is 2. The van der Waals surface area contributed by atoms with Gasteiger partial charge in [-0.15, -0.1) is 11.8 Å². The minimum absolute atomic E-state index is 0.0536. The summed E-state index contributed by atoms with van der Waals surface area (Å²) in [5, 5.41) is 4.72. The Hall–Kier alpha value is -2.11. The van der Waals surface area contributed by atoms with Crippen molar-refractivity contribution in [3.8, 4) is 5.75 Å². The van der Waals surface area contributed by atoms with Crippen molar-refractivity contribution in [2.75, 3.05) is 12.9 Å². The molecule has 0 aliphatic carbocycles. The molecule has 2 heterocycles. The summed E-state index contributed by atoms with van der Waals surface area (Å²) in [4.78, 5) is 17.0. The van der Waals surface area contributed by atoms with E-state index in [-0.39, 0.29) is 11.9 Å². The monoisotopic (exact) mass is 372 g/mol. The first-order chi connectivity index (χ1) is 12.1. The molecule has 4 rings (SSSR count). The van der Waals surface area contributed by atoms with Crippen LogP contribution in [0.3, 0.4) is 0 Å². The molecule has 1 atom stereocenters. The number of nitrogens with one attached hydrogen (secondary N) is 2. The van der Waals surface area contributed by atoms with Crippen LogP contribution in [0.4, 0.5) is 0 Å². The van der Waals surface area contributed by atoms with Gasteiger partial charge in [0.05, 0.1) is 12.6 Å². The van der Waals surface area contributed by atoms with E-state index < -0.39 is 0 Å². The molecule has 0 radical (unpaired) electrons. The second-order valence-corrected chi connectivity index (χ2v) is 7.30. The van der Waals surface area contributed by atoms with E-state index in [1.165, 1.54) is 0 Å². The number of hydrogen-bond donors (Lipinski definition) is 2. The van der Waals surface area contributed by atoms with Crippen molar-refractivity contribution in [3.63, 3.8) is 0 Å². The lowest BCUT2D eigenvalue weighted by molar-refractivity contribution is 0.0920. The second-order valence-electron chi connectivity index (χ2n) is 5.98. The normalized spacial score (nSPS) is 16.3. The number of carbonyl (C=O) groups is 1. The smallest absolute Gasteiger partial charge is 0.268 e. The van der Waals surface area contributed by atoms with Crippen molar-refractivity contribution in [2.24, 2.45) is 0 Å². The van der Waals surface area contributed by atoms with Crippen LogP contribution < -0.4 is 10.1 Å². The summed E-state index contributed by atoms with van der Waals surface area (Å²) in [6.07, 6.45) is 2.79. The Bertz CT molecular complexity index is 954. The van der Waals surface area contributed by atoms with Gasteiger partial charge in [-0.1, -0.05) is 23.7 Å². The highest BCUT2D eigenvalue weighted by Crippen LogP contribution is 2.35. The molecule has 0 spiro atoms. The molecule has 2 aromatic carbocycles. The van der Waals surface area contributed by atoms with E-state index in [0.29, 0.717) is 17.3 Å². The summed E-state index contributed by atoms with van der Waals surface area (Å²) < 4.78 is 5.76. The van der Waals surface area contributed by atoms with E-state index in [9.17, 15) is 4.79 Å². The first-order valence-corrected chi connectivity index (χ1v) is 9.64. The van der Waals surface area contributed by atoms with Gasteiger partial charge in [-0.3, -0.25) is 4.79 Å². The number of thioether (sulfide) groups is 1. The third kappa shape index (κ3) is 3.22. The number of rotatable bonds is 3. The highest BCUT2D eigenvalue weighted by atomic mass is 35.5. The standard InChI is InChI=1S/C19H17ClN2O2S/c1-25-13-4-5-14-15(6-7-24-18(14)10-13)22-19(23)17-8-11-2-3-12(20)9-16(11)21-17/h2-5,8-10,15,21H,6-7H2,1H3,(H,22,23). The maximum Gasteiger partial charge on any atom is 0.268 e. The highest BCUT2D eigenvalue weighted by Gasteiger charge is 2.24. The Morgan fingerprint density at radius 3 is 3.00 bits per heavy atom. The van der Waals surface area contributed by atoms with Crippen LogP contribution in [0.2, 0.25) is 5.02 Å². The number of halogens is 1. The van der Waals surface area contributed by atoms with Gasteiger partial charge >= 0.3 is 0 Å². The molecule has 3 aromatic rings. The lowest BCUT2D eigenvalue weighted by atomic mass is 10.0. The van der Waals surface area contributed by atoms with Gasteiger partial charge in [0.2, 0.25) is 0 Å². The summed E-state index contributed by atoms with van der Waals surface area (Å²) in [6.45, 7) is 0.595. The van der Waals surface area contributed by atoms with Crippen molar-refractivity contribution in [1.29, 1.82) is 0 Å². The zero-order chi connectivity index (χ0) is 17.4. The van der Waals surface area contributed by atoms with Crippen LogP contribution in [0.1, 0.15) is 28.5 Å². The minimum Gasteiger partial charge on any atom is -0.493 e. The topological polar surface area (TPSA) is 54.1 Å². The van der Waals surface area contributed by atoms with E-state index in [0.717, 1.165) is 33.5 Å². The largest absolute Gasteiger partial charge is 0.493 e. The fourth-order valence-electron chi connectivity index (χ4n) is 3.10. The molecule has 1 amide bonds. The van der Waals surface area contributed by atoms with Gasteiger partial charge in [0.25, 0.3) is 5.91 Å². The van der Waals surface area contributed by atoms with E-state index in [2.05, 4.69) is 16.4 Å². The lowest BCUT2D eigenvalue weighted by Gasteiger charge is -2.27. The molecule has 0 saturated carbocycles. The van der Waals surface area contributed by atoms with E-state index in [1.54, 1.807) is 11.8 Å². The van der Waals surface area contributed by atoms with E-state index >= 15 is 0 Å². The van der Waals surface area contributed by atoms with Crippen molar-refractivity contribution >= 4 is 40.2 Å². The van der Waals surface area contributed by atoms with E-state index in [4.69, 9.17) is 16.3 Å². The molecular weight excluding hydrogens is 356 g/mol. The molecule has 1 aliphatic rings. The Balaban J connectivity index is 1.58. The van der Waals surface area contributed by atoms with Gasteiger partial charge in [-0.05, 0) is 36.6 Å². The first-order valence-electron chi connectivity index (χ1n) is 8.04. The fourth-order valence-corrected chi connectivity index (χ4v) is 3.71. The number of amides is 1. The number of ether oxygens (including phenoxy) is 1. The molecule has 0 fully saturated rings.